The van der Waals surface area contributed by atoms with Gasteiger partial charge in [-0.15, -0.1) is 0 Å². The van der Waals surface area contributed by atoms with E-state index in [4.69, 9.17) is 5.11 Å². The predicted octanol–water partition coefficient (Wildman–Crippen LogP) is 1.86. The zero-order chi connectivity index (χ0) is 16.8. The first-order valence-corrected chi connectivity index (χ1v) is 7.88. The van der Waals surface area contributed by atoms with Crippen molar-refractivity contribution in [2.45, 2.75) is 25.8 Å². The largest absolute Gasteiger partial charge is 0.394 e. The zero-order valence-electron chi connectivity index (χ0n) is 13.2. The molecule has 0 aliphatic carbocycles. The maximum Gasteiger partial charge on any atom is 0.315 e. The molecule has 1 aliphatic heterocycles. The minimum Gasteiger partial charge on any atom is -0.394 e. The van der Waals surface area contributed by atoms with Crippen LogP contribution in [0.1, 0.15) is 19.8 Å². The van der Waals surface area contributed by atoms with E-state index in [1.165, 1.54) is 6.07 Å². The van der Waals surface area contributed by atoms with E-state index >= 15 is 0 Å². The third-order valence-corrected chi connectivity index (χ3v) is 4.15. The third-order valence-electron chi connectivity index (χ3n) is 4.15. The first kappa shape index (κ1) is 17.5. The lowest BCUT2D eigenvalue weighted by atomic mass is 10.1. The summed E-state index contributed by atoms with van der Waals surface area (Å²) in [5, 5.41) is 14.5. The molecule has 0 saturated carbocycles. The quantitative estimate of drug-likeness (QED) is 0.747. The molecule has 0 spiro atoms. The first-order chi connectivity index (χ1) is 11.0. The van der Waals surface area contributed by atoms with Gasteiger partial charge in [0.2, 0.25) is 0 Å². The zero-order valence-corrected chi connectivity index (χ0v) is 13.2. The first-order valence-electron chi connectivity index (χ1n) is 7.88. The predicted molar refractivity (Wildman–Crippen MR) is 84.4 cm³/mol. The summed E-state index contributed by atoms with van der Waals surface area (Å²) in [7, 11) is 0. The summed E-state index contributed by atoms with van der Waals surface area (Å²) >= 11 is 0. The fourth-order valence-electron chi connectivity index (χ4n) is 2.67. The topological polar surface area (TPSA) is 64.6 Å². The molecule has 7 heteroatoms. The number of rotatable bonds is 6. The molecule has 1 heterocycles. The van der Waals surface area contributed by atoms with Crippen molar-refractivity contribution < 1.29 is 18.7 Å². The molecule has 128 valence electrons. The Bertz CT molecular complexity index is 538. The number of aliphatic hydroxyl groups is 1. The molecule has 3 N–H and O–H groups in total. The lowest BCUT2D eigenvalue weighted by molar-refractivity contribution is 0.213. The molecule has 2 unspecified atom stereocenters. The van der Waals surface area contributed by atoms with Crippen molar-refractivity contribution in [3.8, 4) is 0 Å². The summed E-state index contributed by atoms with van der Waals surface area (Å²) in [4.78, 5) is 13.7. The molecule has 1 saturated heterocycles. The van der Waals surface area contributed by atoms with Crippen LogP contribution in [0.3, 0.4) is 0 Å². The Hall–Kier alpha value is -1.89. The van der Waals surface area contributed by atoms with Gasteiger partial charge in [0, 0.05) is 31.4 Å². The Morgan fingerprint density at radius 2 is 2.22 bits per heavy atom. The van der Waals surface area contributed by atoms with Crippen LogP contribution in [0.5, 0.6) is 0 Å². The summed E-state index contributed by atoms with van der Waals surface area (Å²) in [5.74, 6) is -1.45. The van der Waals surface area contributed by atoms with Gasteiger partial charge in [-0.1, -0.05) is 6.92 Å². The molecule has 2 atom stereocenters. The number of nitrogens with zero attached hydrogens (tertiary/aromatic N) is 1. The number of carbonyl (C=O) groups excluding carboxylic acids is 1. The van der Waals surface area contributed by atoms with Crippen LogP contribution < -0.4 is 15.5 Å². The second-order valence-electron chi connectivity index (χ2n) is 5.84. The number of benzene rings is 1. The Kier molecular flexibility index (Phi) is 6.15. The van der Waals surface area contributed by atoms with Gasteiger partial charge in [-0.05, 0) is 30.9 Å². The molecule has 23 heavy (non-hydrogen) atoms. The van der Waals surface area contributed by atoms with Crippen LogP contribution in [0.25, 0.3) is 0 Å². The van der Waals surface area contributed by atoms with Crippen molar-refractivity contribution in [2.75, 3.05) is 31.1 Å². The third kappa shape index (κ3) is 4.79. The van der Waals surface area contributed by atoms with Gasteiger partial charge in [-0.2, -0.15) is 0 Å². The molecule has 1 aliphatic rings. The van der Waals surface area contributed by atoms with E-state index in [1.54, 1.807) is 6.07 Å². The summed E-state index contributed by atoms with van der Waals surface area (Å²) in [5.41, 5.74) is 0.655. The minimum atomic E-state index is -0.850. The summed E-state index contributed by atoms with van der Waals surface area (Å²) in [6, 6.07) is 3.36. The second kappa shape index (κ2) is 8.10. The number of amides is 2. The van der Waals surface area contributed by atoms with Gasteiger partial charge in [-0.25, -0.2) is 13.6 Å². The van der Waals surface area contributed by atoms with Gasteiger partial charge in [0.15, 0.2) is 11.6 Å². The van der Waals surface area contributed by atoms with E-state index in [0.717, 1.165) is 19.0 Å². The number of aliphatic hydroxyl groups excluding tert-OH is 1. The van der Waals surface area contributed by atoms with Crippen LogP contribution in [0, 0.1) is 17.6 Å². The SMILES string of the molecule is CCC(CO)NC(=O)NCC1CCN(c2ccc(F)c(F)c2)C1. The molecule has 2 rings (SSSR count). The molecule has 1 aromatic carbocycles. The lowest BCUT2D eigenvalue weighted by Crippen LogP contribution is -2.45. The van der Waals surface area contributed by atoms with E-state index < -0.39 is 11.6 Å². The molecule has 1 fully saturated rings. The minimum absolute atomic E-state index is 0.0861. The number of urea groups is 1. The maximum absolute atomic E-state index is 13.3. The van der Waals surface area contributed by atoms with E-state index in [9.17, 15) is 13.6 Å². The normalized spacial score (nSPS) is 18.8. The maximum atomic E-state index is 13.3. The van der Waals surface area contributed by atoms with Gasteiger partial charge >= 0.3 is 6.03 Å². The van der Waals surface area contributed by atoms with Crippen LogP contribution in [0.2, 0.25) is 0 Å². The average molecular weight is 327 g/mol. The van der Waals surface area contributed by atoms with Crippen LogP contribution in [-0.4, -0.2) is 43.4 Å². The van der Waals surface area contributed by atoms with E-state index in [-0.39, 0.29) is 24.6 Å². The van der Waals surface area contributed by atoms with Crippen molar-refractivity contribution in [3.05, 3.63) is 29.8 Å². The van der Waals surface area contributed by atoms with Gasteiger partial charge in [-0.3, -0.25) is 0 Å². The van der Waals surface area contributed by atoms with Crippen LogP contribution in [0.15, 0.2) is 18.2 Å². The molecule has 1 aromatic rings. The highest BCUT2D eigenvalue weighted by molar-refractivity contribution is 5.74. The molecular formula is C16H23F2N3O2. The van der Waals surface area contributed by atoms with Gasteiger partial charge in [0.05, 0.1) is 12.6 Å². The van der Waals surface area contributed by atoms with E-state index in [0.29, 0.717) is 25.2 Å². The summed E-state index contributed by atoms with van der Waals surface area (Å²) in [6.07, 6.45) is 1.54. The van der Waals surface area contributed by atoms with Crippen molar-refractivity contribution in [3.63, 3.8) is 0 Å². The number of hydrogen-bond donors (Lipinski definition) is 3. The number of nitrogens with one attached hydrogen (secondary N) is 2. The molecule has 0 aromatic heterocycles. The fourth-order valence-corrected chi connectivity index (χ4v) is 2.67. The van der Waals surface area contributed by atoms with Crippen LogP contribution in [0.4, 0.5) is 19.3 Å². The summed E-state index contributed by atoms with van der Waals surface area (Å²) < 4.78 is 26.3. The van der Waals surface area contributed by atoms with Crippen molar-refractivity contribution in [2.24, 2.45) is 5.92 Å². The van der Waals surface area contributed by atoms with Gasteiger partial charge in [0.25, 0.3) is 0 Å². The van der Waals surface area contributed by atoms with Crippen molar-refractivity contribution in [1.82, 2.24) is 10.6 Å². The average Bonchev–Trinajstić information content (AvgIpc) is 3.02. The van der Waals surface area contributed by atoms with Crippen molar-refractivity contribution >= 4 is 11.7 Å². The molecule has 0 radical (unpaired) electrons. The Morgan fingerprint density at radius 3 is 2.87 bits per heavy atom. The van der Waals surface area contributed by atoms with Crippen LogP contribution >= 0.6 is 0 Å². The van der Waals surface area contributed by atoms with E-state index in [1.807, 2.05) is 11.8 Å². The highest BCUT2D eigenvalue weighted by Gasteiger charge is 2.24. The highest BCUT2D eigenvalue weighted by atomic mass is 19.2. The number of halogens is 2. The standard InChI is InChI=1S/C16H23F2N3O2/c1-2-12(10-22)20-16(23)19-8-11-5-6-21(9-11)13-3-4-14(17)15(18)7-13/h3-4,7,11-12,22H,2,5-6,8-10H2,1H3,(H2,19,20,23). The smallest absolute Gasteiger partial charge is 0.315 e. The Morgan fingerprint density at radius 1 is 1.43 bits per heavy atom. The Balaban J connectivity index is 1.79. The van der Waals surface area contributed by atoms with Gasteiger partial charge < -0.3 is 20.6 Å². The Labute approximate surface area is 134 Å². The number of hydrogen-bond acceptors (Lipinski definition) is 3. The molecule has 5 nitrogen and oxygen atoms in total. The molecule has 2 amide bonds. The summed E-state index contributed by atoms with van der Waals surface area (Å²) in [6.45, 7) is 3.73. The molecule has 0 bridgehead atoms. The van der Waals surface area contributed by atoms with Crippen molar-refractivity contribution in [1.29, 1.82) is 0 Å². The molecular weight excluding hydrogens is 304 g/mol. The number of carbonyl (C=O) groups is 1. The number of anilines is 1. The monoisotopic (exact) mass is 327 g/mol. The van der Waals surface area contributed by atoms with Gasteiger partial charge in [0.1, 0.15) is 0 Å². The highest BCUT2D eigenvalue weighted by Crippen LogP contribution is 2.24. The second-order valence-corrected chi connectivity index (χ2v) is 5.84. The van der Waals surface area contributed by atoms with E-state index in [2.05, 4.69) is 10.6 Å². The lowest BCUT2D eigenvalue weighted by Gasteiger charge is -2.19. The van der Waals surface area contributed by atoms with Crippen LogP contribution in [-0.2, 0) is 0 Å². The fraction of sp³-hybridized carbons (Fsp3) is 0.562.